The Hall–Kier alpha value is -0.820. The molecule has 1 nitrogen and oxygen atoms in total. The first-order chi connectivity index (χ1) is 8.84. The summed E-state index contributed by atoms with van der Waals surface area (Å²) >= 11 is 0. The third-order valence-electron chi connectivity index (χ3n) is 3.38. The summed E-state index contributed by atoms with van der Waals surface area (Å²) in [6.45, 7) is 6.26. The fourth-order valence-electron chi connectivity index (χ4n) is 2.12. The van der Waals surface area contributed by atoms with Crippen LogP contribution in [0.25, 0.3) is 0 Å². The first-order valence-electron chi connectivity index (χ1n) is 7.47. The van der Waals surface area contributed by atoms with Crippen LogP contribution in [0.15, 0.2) is 30.3 Å². The highest BCUT2D eigenvalue weighted by molar-refractivity contribution is 5.18. The van der Waals surface area contributed by atoms with Gasteiger partial charge in [0, 0.05) is 12.5 Å². The monoisotopic (exact) mass is 248 g/mol. The van der Waals surface area contributed by atoms with Gasteiger partial charge < -0.3 is 4.74 Å². The maximum atomic E-state index is 5.76. The zero-order valence-electron chi connectivity index (χ0n) is 12.0. The summed E-state index contributed by atoms with van der Waals surface area (Å²) in [4.78, 5) is 0. The van der Waals surface area contributed by atoms with Gasteiger partial charge in [0.1, 0.15) is 0 Å². The van der Waals surface area contributed by atoms with Crippen LogP contribution in [0, 0.1) is 0 Å². The molecule has 1 aromatic rings. The van der Waals surface area contributed by atoms with E-state index < -0.39 is 0 Å². The largest absolute Gasteiger partial charge is 0.381 e. The summed E-state index contributed by atoms with van der Waals surface area (Å²) in [6, 6.07) is 10.6. The van der Waals surface area contributed by atoms with Gasteiger partial charge in [-0.25, -0.2) is 0 Å². The molecule has 0 aliphatic heterocycles. The maximum absolute atomic E-state index is 5.76. The average Bonchev–Trinajstić information content (AvgIpc) is 2.42. The van der Waals surface area contributed by atoms with Crippen molar-refractivity contribution in [3.63, 3.8) is 0 Å². The van der Waals surface area contributed by atoms with Crippen molar-refractivity contribution in [2.24, 2.45) is 0 Å². The van der Waals surface area contributed by atoms with Crippen LogP contribution >= 0.6 is 0 Å². The predicted octanol–water partition coefficient (Wildman–Crippen LogP) is 5.17. The number of hydrogen-bond acceptors (Lipinski definition) is 1. The molecule has 0 aliphatic rings. The van der Waals surface area contributed by atoms with Gasteiger partial charge in [-0.15, -0.1) is 0 Å². The third-order valence-corrected chi connectivity index (χ3v) is 3.38. The molecule has 0 bridgehead atoms. The van der Waals surface area contributed by atoms with Crippen LogP contribution < -0.4 is 0 Å². The zero-order chi connectivity index (χ0) is 13.1. The summed E-state index contributed by atoms with van der Waals surface area (Å²) in [5.41, 5.74) is 1.38. The van der Waals surface area contributed by atoms with Gasteiger partial charge in [0.2, 0.25) is 0 Å². The number of ether oxygens (including phenoxy) is 1. The van der Waals surface area contributed by atoms with Gasteiger partial charge in [-0.05, 0) is 12.0 Å². The topological polar surface area (TPSA) is 9.23 Å². The second kappa shape index (κ2) is 10.1. The van der Waals surface area contributed by atoms with Crippen LogP contribution in [0.5, 0.6) is 0 Å². The first-order valence-corrected chi connectivity index (χ1v) is 7.47. The third kappa shape index (κ3) is 6.80. The highest BCUT2D eigenvalue weighted by atomic mass is 16.5. The molecule has 0 radical (unpaired) electrons. The van der Waals surface area contributed by atoms with Crippen LogP contribution in [0.2, 0.25) is 0 Å². The molecule has 102 valence electrons. The van der Waals surface area contributed by atoms with Crippen LogP contribution in [-0.4, -0.2) is 13.2 Å². The molecule has 1 aromatic carbocycles. The standard InChI is InChI=1S/C17H28O/c1-3-4-5-6-7-11-14-18-15-16(2)17-12-9-8-10-13-17/h8-10,12-13,16H,3-7,11,14-15H2,1-2H3/t16-/m1/s1. The molecular formula is C17H28O. The van der Waals surface area contributed by atoms with Crippen molar-refractivity contribution in [2.75, 3.05) is 13.2 Å². The van der Waals surface area contributed by atoms with Crippen molar-refractivity contribution in [3.05, 3.63) is 35.9 Å². The molecule has 18 heavy (non-hydrogen) atoms. The van der Waals surface area contributed by atoms with Crippen LogP contribution in [0.4, 0.5) is 0 Å². The van der Waals surface area contributed by atoms with E-state index in [0.29, 0.717) is 5.92 Å². The highest BCUT2D eigenvalue weighted by Gasteiger charge is 2.04. The van der Waals surface area contributed by atoms with E-state index >= 15 is 0 Å². The number of benzene rings is 1. The van der Waals surface area contributed by atoms with Crippen molar-refractivity contribution in [1.29, 1.82) is 0 Å². The Morgan fingerprint density at radius 1 is 0.944 bits per heavy atom. The quantitative estimate of drug-likeness (QED) is 0.519. The van der Waals surface area contributed by atoms with Gasteiger partial charge in [-0.2, -0.15) is 0 Å². The van der Waals surface area contributed by atoms with E-state index in [1.54, 1.807) is 0 Å². The molecule has 0 spiro atoms. The molecule has 0 N–H and O–H groups in total. The van der Waals surface area contributed by atoms with Crippen molar-refractivity contribution < 1.29 is 4.74 Å². The van der Waals surface area contributed by atoms with Crippen LogP contribution in [0.3, 0.4) is 0 Å². The molecule has 1 heteroatoms. The molecule has 0 saturated heterocycles. The fraction of sp³-hybridized carbons (Fsp3) is 0.647. The SMILES string of the molecule is CCCCCCCCOC[C@@H](C)c1ccccc1. The van der Waals surface area contributed by atoms with Gasteiger partial charge in [-0.1, -0.05) is 76.3 Å². The van der Waals surface area contributed by atoms with E-state index in [-0.39, 0.29) is 0 Å². The normalized spacial score (nSPS) is 12.6. The Labute approximate surface area is 113 Å². The second-order valence-electron chi connectivity index (χ2n) is 5.15. The van der Waals surface area contributed by atoms with Gasteiger partial charge in [0.25, 0.3) is 0 Å². The maximum Gasteiger partial charge on any atom is 0.0532 e. The van der Waals surface area contributed by atoms with Gasteiger partial charge in [-0.3, -0.25) is 0 Å². The van der Waals surface area contributed by atoms with E-state index in [2.05, 4.69) is 44.2 Å². The van der Waals surface area contributed by atoms with Gasteiger partial charge in [0.15, 0.2) is 0 Å². The van der Waals surface area contributed by atoms with E-state index in [4.69, 9.17) is 4.74 Å². The molecule has 0 unspecified atom stereocenters. The predicted molar refractivity (Wildman–Crippen MR) is 79.1 cm³/mol. The molecule has 0 aromatic heterocycles. The molecule has 1 atom stereocenters. The Morgan fingerprint density at radius 3 is 2.33 bits per heavy atom. The fourth-order valence-corrected chi connectivity index (χ4v) is 2.12. The van der Waals surface area contributed by atoms with Crippen molar-refractivity contribution in [1.82, 2.24) is 0 Å². The van der Waals surface area contributed by atoms with E-state index in [1.807, 2.05) is 0 Å². The van der Waals surface area contributed by atoms with Crippen LogP contribution in [0.1, 0.15) is 63.9 Å². The van der Waals surface area contributed by atoms with Crippen molar-refractivity contribution >= 4 is 0 Å². The van der Waals surface area contributed by atoms with E-state index in [1.165, 1.54) is 44.1 Å². The molecule has 0 heterocycles. The highest BCUT2D eigenvalue weighted by Crippen LogP contribution is 2.14. The van der Waals surface area contributed by atoms with E-state index in [9.17, 15) is 0 Å². The molecule has 0 saturated carbocycles. The van der Waals surface area contributed by atoms with Gasteiger partial charge in [0.05, 0.1) is 6.61 Å². The molecule has 1 rings (SSSR count). The molecule has 0 amide bonds. The smallest absolute Gasteiger partial charge is 0.0532 e. The lowest BCUT2D eigenvalue weighted by molar-refractivity contribution is 0.119. The van der Waals surface area contributed by atoms with Crippen molar-refractivity contribution in [3.8, 4) is 0 Å². The minimum absolute atomic E-state index is 0.506. The Kier molecular flexibility index (Phi) is 8.58. The summed E-state index contributed by atoms with van der Waals surface area (Å²) in [5, 5.41) is 0. The van der Waals surface area contributed by atoms with Crippen LogP contribution in [-0.2, 0) is 4.74 Å². The van der Waals surface area contributed by atoms with Crippen molar-refractivity contribution in [2.45, 2.75) is 58.3 Å². The second-order valence-corrected chi connectivity index (χ2v) is 5.15. The number of unbranched alkanes of at least 4 members (excludes halogenated alkanes) is 5. The Morgan fingerprint density at radius 2 is 1.61 bits per heavy atom. The lowest BCUT2D eigenvalue weighted by atomic mass is 10.0. The zero-order valence-corrected chi connectivity index (χ0v) is 12.0. The summed E-state index contributed by atoms with van der Waals surface area (Å²) < 4.78 is 5.76. The Balaban J connectivity index is 1.98. The summed E-state index contributed by atoms with van der Waals surface area (Å²) in [7, 11) is 0. The molecule has 0 fully saturated rings. The average molecular weight is 248 g/mol. The lowest BCUT2D eigenvalue weighted by Crippen LogP contribution is -2.05. The first kappa shape index (κ1) is 15.2. The van der Waals surface area contributed by atoms with E-state index in [0.717, 1.165) is 13.2 Å². The lowest BCUT2D eigenvalue weighted by Gasteiger charge is -2.12. The van der Waals surface area contributed by atoms with Gasteiger partial charge >= 0.3 is 0 Å². The molecular weight excluding hydrogens is 220 g/mol. The molecule has 0 aliphatic carbocycles. The summed E-state index contributed by atoms with van der Waals surface area (Å²) in [6.07, 6.45) is 7.99. The number of hydrogen-bond donors (Lipinski definition) is 0. The minimum atomic E-state index is 0.506. The number of rotatable bonds is 10. The Bertz CT molecular complexity index is 281. The minimum Gasteiger partial charge on any atom is -0.381 e. The summed E-state index contributed by atoms with van der Waals surface area (Å²) in [5.74, 6) is 0.506.